The Morgan fingerprint density at radius 2 is 1.90 bits per heavy atom. The molecule has 0 radical (unpaired) electrons. The van der Waals surface area contributed by atoms with Crippen LogP contribution in [0, 0.1) is 13.8 Å². The summed E-state index contributed by atoms with van der Waals surface area (Å²) in [6, 6.07) is 9.26. The van der Waals surface area contributed by atoms with Crippen molar-refractivity contribution in [2.75, 3.05) is 7.11 Å². The van der Waals surface area contributed by atoms with Gasteiger partial charge in [0.2, 0.25) is 0 Å². The monoisotopic (exact) mass is 324 g/mol. The van der Waals surface area contributed by atoms with Gasteiger partial charge < -0.3 is 4.74 Å². The fourth-order valence-electron chi connectivity index (χ4n) is 2.55. The topological polar surface area (TPSA) is 47.3 Å². The van der Waals surface area contributed by atoms with E-state index in [0.29, 0.717) is 10.0 Å². The van der Waals surface area contributed by atoms with Gasteiger partial charge in [-0.1, -0.05) is 41.4 Å². The highest BCUT2D eigenvalue weighted by atomic mass is 35.5. The Morgan fingerprint density at radius 3 is 2.52 bits per heavy atom. The molecule has 1 atom stereocenters. The van der Waals surface area contributed by atoms with Crippen molar-refractivity contribution < 1.29 is 4.74 Å². The summed E-state index contributed by atoms with van der Waals surface area (Å²) in [6.45, 7) is 4.05. The largest absolute Gasteiger partial charge is 0.496 e. The van der Waals surface area contributed by atoms with Gasteiger partial charge in [0.25, 0.3) is 0 Å². The lowest BCUT2D eigenvalue weighted by atomic mass is 9.93. The van der Waals surface area contributed by atoms with Crippen LogP contribution < -0.4 is 16.0 Å². The molecule has 0 aliphatic carbocycles. The Morgan fingerprint density at radius 1 is 1.19 bits per heavy atom. The second-order valence-corrected chi connectivity index (χ2v) is 5.73. The van der Waals surface area contributed by atoms with Crippen molar-refractivity contribution in [1.29, 1.82) is 0 Å². The van der Waals surface area contributed by atoms with Gasteiger partial charge in [-0.25, -0.2) is 5.43 Å². The number of hydrazine groups is 1. The third-order valence-electron chi connectivity index (χ3n) is 3.46. The number of methoxy groups -OCH3 is 1. The number of hydrogen-bond acceptors (Lipinski definition) is 3. The van der Waals surface area contributed by atoms with Crippen LogP contribution in [-0.4, -0.2) is 7.11 Å². The first kappa shape index (κ1) is 16.1. The molecule has 112 valence electrons. The van der Waals surface area contributed by atoms with Crippen LogP contribution in [0.5, 0.6) is 5.75 Å². The highest BCUT2D eigenvalue weighted by Crippen LogP contribution is 2.38. The Bertz CT molecular complexity index is 659. The van der Waals surface area contributed by atoms with Crippen LogP contribution in [0.4, 0.5) is 0 Å². The molecule has 21 heavy (non-hydrogen) atoms. The van der Waals surface area contributed by atoms with Gasteiger partial charge in [0.1, 0.15) is 5.75 Å². The first-order chi connectivity index (χ1) is 9.99. The molecule has 2 aromatic rings. The van der Waals surface area contributed by atoms with Gasteiger partial charge in [-0.2, -0.15) is 0 Å². The van der Waals surface area contributed by atoms with E-state index in [1.807, 2.05) is 32.0 Å². The van der Waals surface area contributed by atoms with Crippen molar-refractivity contribution in [3.63, 3.8) is 0 Å². The summed E-state index contributed by atoms with van der Waals surface area (Å²) in [4.78, 5) is 0. The Kier molecular flexibility index (Phi) is 5.12. The third kappa shape index (κ3) is 3.16. The second kappa shape index (κ2) is 6.67. The number of rotatable bonds is 4. The highest BCUT2D eigenvalue weighted by Gasteiger charge is 2.22. The smallest absolute Gasteiger partial charge is 0.124 e. The van der Waals surface area contributed by atoms with E-state index in [9.17, 15) is 0 Å². The van der Waals surface area contributed by atoms with Crippen molar-refractivity contribution in [1.82, 2.24) is 5.43 Å². The zero-order chi connectivity index (χ0) is 15.6. The summed E-state index contributed by atoms with van der Waals surface area (Å²) in [7, 11) is 1.64. The van der Waals surface area contributed by atoms with Crippen molar-refractivity contribution in [3.05, 3.63) is 62.6 Å². The van der Waals surface area contributed by atoms with E-state index < -0.39 is 0 Å². The first-order valence-corrected chi connectivity index (χ1v) is 7.30. The number of benzene rings is 2. The van der Waals surface area contributed by atoms with Crippen LogP contribution >= 0.6 is 23.2 Å². The first-order valence-electron chi connectivity index (χ1n) is 6.54. The van der Waals surface area contributed by atoms with Crippen LogP contribution in [0.2, 0.25) is 10.0 Å². The molecule has 0 aliphatic rings. The zero-order valence-electron chi connectivity index (χ0n) is 12.2. The number of halogens is 2. The predicted molar refractivity (Wildman–Crippen MR) is 88.1 cm³/mol. The molecule has 0 aromatic heterocycles. The molecular weight excluding hydrogens is 307 g/mol. The number of hydrogen-bond donors (Lipinski definition) is 2. The van der Waals surface area contributed by atoms with E-state index >= 15 is 0 Å². The van der Waals surface area contributed by atoms with E-state index in [2.05, 4.69) is 11.5 Å². The molecule has 1 unspecified atom stereocenters. The molecule has 0 bridgehead atoms. The molecule has 0 saturated carbocycles. The second-order valence-electron chi connectivity index (χ2n) is 4.94. The van der Waals surface area contributed by atoms with Crippen LogP contribution in [0.15, 0.2) is 30.3 Å². The van der Waals surface area contributed by atoms with Crippen LogP contribution in [0.1, 0.15) is 28.3 Å². The van der Waals surface area contributed by atoms with Crippen LogP contribution in [0.3, 0.4) is 0 Å². The average Bonchev–Trinajstić information content (AvgIpc) is 2.45. The molecule has 0 saturated heterocycles. The maximum atomic E-state index is 6.33. The van der Waals surface area contributed by atoms with Gasteiger partial charge in [0.05, 0.1) is 23.2 Å². The quantitative estimate of drug-likeness (QED) is 0.655. The molecule has 0 fully saturated rings. The van der Waals surface area contributed by atoms with Gasteiger partial charge >= 0.3 is 0 Å². The van der Waals surface area contributed by atoms with E-state index in [0.717, 1.165) is 28.0 Å². The van der Waals surface area contributed by atoms with Crippen LogP contribution in [0.25, 0.3) is 0 Å². The molecule has 2 rings (SSSR count). The standard InChI is InChI=1S/C16H18Cl2N2O/c1-9-7-10(2)14(13(8-9)21-3)16(20-19)11-5-4-6-12(17)15(11)18/h4-8,16,20H,19H2,1-3H3. The molecular formula is C16H18Cl2N2O. The number of nitrogens with two attached hydrogens (primary N) is 1. The lowest BCUT2D eigenvalue weighted by Gasteiger charge is -2.23. The minimum Gasteiger partial charge on any atom is -0.496 e. The lowest BCUT2D eigenvalue weighted by Crippen LogP contribution is -2.30. The Hall–Kier alpha value is -1.26. The third-order valence-corrected chi connectivity index (χ3v) is 4.29. The summed E-state index contributed by atoms with van der Waals surface area (Å²) in [6.07, 6.45) is 0. The molecule has 0 aliphatic heterocycles. The van der Waals surface area contributed by atoms with Crippen molar-refractivity contribution in [3.8, 4) is 5.75 Å². The highest BCUT2D eigenvalue weighted by molar-refractivity contribution is 6.42. The Labute approximate surface area is 135 Å². The predicted octanol–water partition coefficient (Wildman–Crippen LogP) is 4.17. The number of nitrogens with one attached hydrogen (secondary N) is 1. The van der Waals surface area contributed by atoms with E-state index in [-0.39, 0.29) is 6.04 Å². The molecule has 0 heterocycles. The fourth-order valence-corrected chi connectivity index (χ4v) is 2.97. The maximum absolute atomic E-state index is 6.33. The van der Waals surface area contributed by atoms with Crippen molar-refractivity contribution in [2.24, 2.45) is 5.84 Å². The minimum atomic E-state index is -0.299. The Balaban J connectivity index is 2.64. The summed E-state index contributed by atoms with van der Waals surface area (Å²) in [5.74, 6) is 6.55. The van der Waals surface area contributed by atoms with E-state index in [1.54, 1.807) is 13.2 Å². The molecule has 0 spiro atoms. The average molecular weight is 325 g/mol. The molecule has 5 heteroatoms. The van der Waals surface area contributed by atoms with E-state index in [4.69, 9.17) is 33.8 Å². The normalized spacial score (nSPS) is 12.3. The van der Waals surface area contributed by atoms with Gasteiger partial charge in [-0.05, 0) is 42.7 Å². The van der Waals surface area contributed by atoms with Crippen molar-refractivity contribution >= 4 is 23.2 Å². The molecule has 3 N–H and O–H groups in total. The number of ether oxygens (including phenoxy) is 1. The summed E-state index contributed by atoms with van der Waals surface area (Å²) >= 11 is 12.4. The number of aryl methyl sites for hydroxylation is 2. The van der Waals surface area contributed by atoms with E-state index in [1.165, 1.54) is 0 Å². The minimum absolute atomic E-state index is 0.299. The van der Waals surface area contributed by atoms with Gasteiger partial charge in [-0.15, -0.1) is 0 Å². The summed E-state index contributed by atoms with van der Waals surface area (Å²) in [5.41, 5.74) is 6.79. The van der Waals surface area contributed by atoms with Crippen molar-refractivity contribution in [2.45, 2.75) is 19.9 Å². The van der Waals surface area contributed by atoms with Gasteiger partial charge in [0.15, 0.2) is 0 Å². The summed E-state index contributed by atoms with van der Waals surface area (Å²) in [5, 5.41) is 0.988. The SMILES string of the molecule is COc1cc(C)cc(C)c1C(NN)c1cccc(Cl)c1Cl. The fraction of sp³-hybridized carbons (Fsp3) is 0.250. The molecule has 2 aromatic carbocycles. The van der Waals surface area contributed by atoms with Gasteiger partial charge in [0, 0.05) is 5.56 Å². The lowest BCUT2D eigenvalue weighted by molar-refractivity contribution is 0.403. The van der Waals surface area contributed by atoms with Crippen LogP contribution in [-0.2, 0) is 0 Å². The molecule has 0 amide bonds. The zero-order valence-corrected chi connectivity index (χ0v) is 13.7. The van der Waals surface area contributed by atoms with Gasteiger partial charge in [-0.3, -0.25) is 5.84 Å². The summed E-state index contributed by atoms with van der Waals surface area (Å²) < 4.78 is 5.51. The molecule has 3 nitrogen and oxygen atoms in total. The maximum Gasteiger partial charge on any atom is 0.124 e.